The molecule has 12 heavy (non-hydrogen) atoms. The van der Waals surface area contributed by atoms with Crippen LogP contribution in [0.15, 0.2) is 0 Å². The minimum Gasteiger partial charge on any atom is -0.309 e. The van der Waals surface area contributed by atoms with Crippen LogP contribution in [0.4, 0.5) is 0 Å². The highest BCUT2D eigenvalue weighted by atomic mass is 15.3. The fraction of sp³-hybridized carbons (Fsp3) is 1.00. The monoisotopic (exact) mass is 168 g/mol. The quantitative estimate of drug-likeness (QED) is 0.624. The van der Waals surface area contributed by atoms with Crippen LogP contribution in [-0.4, -0.2) is 49.1 Å². The molecule has 2 aliphatic rings. The van der Waals surface area contributed by atoms with E-state index in [0.29, 0.717) is 5.54 Å². The van der Waals surface area contributed by atoms with Gasteiger partial charge in [-0.25, -0.2) is 0 Å². The van der Waals surface area contributed by atoms with Crippen molar-refractivity contribution in [2.24, 2.45) is 0 Å². The highest BCUT2D eigenvalue weighted by Gasteiger charge is 2.46. The molecule has 2 saturated heterocycles. The van der Waals surface area contributed by atoms with Gasteiger partial charge in [-0.3, -0.25) is 4.90 Å². The Bertz CT molecular complexity index is 167. The molecule has 2 aliphatic heterocycles. The number of nitrogens with zero attached hydrogens (tertiary/aromatic N) is 2. The fourth-order valence-electron chi connectivity index (χ4n) is 2.66. The Hall–Kier alpha value is -0.0800. The standard InChI is InChI=1S/C10H20N2/c1-11(2)8-5-10-4-3-7-12(10)9-6-10/h3-9H2,1-2H3. The lowest BCUT2D eigenvalue weighted by Gasteiger charge is -2.49. The average molecular weight is 168 g/mol. The summed E-state index contributed by atoms with van der Waals surface area (Å²) in [6, 6.07) is 0. The number of rotatable bonds is 3. The van der Waals surface area contributed by atoms with Crippen LogP contribution in [0.25, 0.3) is 0 Å². The maximum absolute atomic E-state index is 2.69. The molecule has 1 atom stereocenters. The minimum atomic E-state index is 0.657. The summed E-state index contributed by atoms with van der Waals surface area (Å²) < 4.78 is 0. The highest BCUT2D eigenvalue weighted by molar-refractivity contribution is 5.03. The van der Waals surface area contributed by atoms with Gasteiger partial charge < -0.3 is 4.90 Å². The molecule has 0 aliphatic carbocycles. The normalized spacial score (nSPS) is 35.2. The molecule has 2 rings (SSSR count). The Morgan fingerprint density at radius 3 is 2.58 bits per heavy atom. The van der Waals surface area contributed by atoms with E-state index in [0.717, 1.165) is 0 Å². The van der Waals surface area contributed by atoms with E-state index in [9.17, 15) is 0 Å². The van der Waals surface area contributed by atoms with Crippen molar-refractivity contribution in [1.29, 1.82) is 0 Å². The third-order valence-electron chi connectivity index (χ3n) is 3.61. The average Bonchev–Trinajstić information content (AvgIpc) is 2.25. The van der Waals surface area contributed by atoms with Crippen molar-refractivity contribution < 1.29 is 0 Å². The second kappa shape index (κ2) is 3.00. The van der Waals surface area contributed by atoms with Crippen molar-refractivity contribution in [3.63, 3.8) is 0 Å². The molecule has 1 unspecified atom stereocenters. The van der Waals surface area contributed by atoms with Gasteiger partial charge in [-0.05, 0) is 52.9 Å². The number of hydrogen-bond donors (Lipinski definition) is 0. The molecule has 2 heteroatoms. The van der Waals surface area contributed by atoms with Gasteiger partial charge >= 0.3 is 0 Å². The van der Waals surface area contributed by atoms with Gasteiger partial charge in [0, 0.05) is 12.1 Å². The van der Waals surface area contributed by atoms with E-state index >= 15 is 0 Å². The first-order valence-corrected chi connectivity index (χ1v) is 5.13. The maximum Gasteiger partial charge on any atom is 0.0234 e. The van der Waals surface area contributed by atoms with Gasteiger partial charge in [0.1, 0.15) is 0 Å². The Morgan fingerprint density at radius 1 is 1.25 bits per heavy atom. The molecule has 0 N–H and O–H groups in total. The Balaban J connectivity index is 1.85. The van der Waals surface area contributed by atoms with E-state index < -0.39 is 0 Å². The summed E-state index contributed by atoms with van der Waals surface area (Å²) in [5, 5.41) is 0. The summed E-state index contributed by atoms with van der Waals surface area (Å²) in [5.74, 6) is 0. The first-order chi connectivity index (χ1) is 5.73. The summed E-state index contributed by atoms with van der Waals surface area (Å²) in [4.78, 5) is 5.00. The summed E-state index contributed by atoms with van der Waals surface area (Å²) in [7, 11) is 4.35. The molecule has 2 nitrogen and oxygen atoms in total. The number of hydrogen-bond acceptors (Lipinski definition) is 2. The topological polar surface area (TPSA) is 6.48 Å². The molecule has 0 spiro atoms. The zero-order chi connectivity index (χ0) is 8.60. The maximum atomic E-state index is 2.69. The van der Waals surface area contributed by atoms with E-state index in [1.54, 1.807) is 0 Å². The molecule has 0 radical (unpaired) electrons. The molecule has 0 aromatic heterocycles. The van der Waals surface area contributed by atoms with Gasteiger partial charge in [-0.2, -0.15) is 0 Å². The van der Waals surface area contributed by atoms with Crippen LogP contribution >= 0.6 is 0 Å². The fourth-order valence-corrected chi connectivity index (χ4v) is 2.66. The summed E-state index contributed by atoms with van der Waals surface area (Å²) in [5.41, 5.74) is 0.657. The second-order valence-electron chi connectivity index (χ2n) is 4.62. The molecule has 70 valence electrons. The van der Waals surface area contributed by atoms with Crippen molar-refractivity contribution in [2.45, 2.75) is 31.2 Å². The van der Waals surface area contributed by atoms with Crippen LogP contribution in [-0.2, 0) is 0 Å². The summed E-state index contributed by atoms with van der Waals surface area (Å²) in [6.45, 7) is 4.00. The van der Waals surface area contributed by atoms with Crippen LogP contribution in [0.5, 0.6) is 0 Å². The first-order valence-electron chi connectivity index (χ1n) is 5.13. The lowest BCUT2D eigenvalue weighted by molar-refractivity contribution is 0.0150. The van der Waals surface area contributed by atoms with Crippen molar-refractivity contribution in [3.8, 4) is 0 Å². The molecule has 0 aromatic carbocycles. The zero-order valence-corrected chi connectivity index (χ0v) is 8.34. The van der Waals surface area contributed by atoms with E-state index in [-0.39, 0.29) is 0 Å². The molecule has 0 amide bonds. The largest absolute Gasteiger partial charge is 0.309 e. The number of fused-ring (bicyclic) bond motifs is 1. The van der Waals surface area contributed by atoms with Crippen LogP contribution < -0.4 is 0 Å². The molecule has 0 saturated carbocycles. The van der Waals surface area contributed by atoms with E-state index in [1.807, 2.05) is 0 Å². The highest BCUT2D eigenvalue weighted by Crippen LogP contribution is 2.42. The third-order valence-corrected chi connectivity index (χ3v) is 3.61. The Labute approximate surface area is 75.5 Å². The van der Waals surface area contributed by atoms with Crippen LogP contribution in [0, 0.1) is 0 Å². The smallest absolute Gasteiger partial charge is 0.0234 e. The van der Waals surface area contributed by atoms with Gasteiger partial charge in [-0.15, -0.1) is 0 Å². The van der Waals surface area contributed by atoms with Crippen LogP contribution in [0.1, 0.15) is 25.7 Å². The van der Waals surface area contributed by atoms with Gasteiger partial charge in [0.2, 0.25) is 0 Å². The van der Waals surface area contributed by atoms with E-state index in [2.05, 4.69) is 23.9 Å². The minimum absolute atomic E-state index is 0.657. The van der Waals surface area contributed by atoms with Crippen molar-refractivity contribution in [3.05, 3.63) is 0 Å². The van der Waals surface area contributed by atoms with Crippen molar-refractivity contribution >= 4 is 0 Å². The first kappa shape index (κ1) is 8.52. The summed E-state index contributed by atoms with van der Waals surface area (Å²) >= 11 is 0. The van der Waals surface area contributed by atoms with Gasteiger partial charge in [0.05, 0.1) is 0 Å². The predicted molar refractivity (Wildman–Crippen MR) is 51.3 cm³/mol. The van der Waals surface area contributed by atoms with Gasteiger partial charge in [-0.1, -0.05) is 0 Å². The molecule has 0 aromatic rings. The predicted octanol–water partition coefficient (Wildman–Crippen LogP) is 1.18. The Kier molecular flexibility index (Phi) is 2.13. The van der Waals surface area contributed by atoms with Gasteiger partial charge in [0.15, 0.2) is 0 Å². The van der Waals surface area contributed by atoms with E-state index in [4.69, 9.17) is 0 Å². The van der Waals surface area contributed by atoms with Crippen molar-refractivity contribution in [2.75, 3.05) is 33.7 Å². The molecule has 0 bridgehead atoms. The van der Waals surface area contributed by atoms with Gasteiger partial charge in [0.25, 0.3) is 0 Å². The molecular formula is C10H20N2. The Morgan fingerprint density at radius 2 is 2.08 bits per heavy atom. The molecule has 2 fully saturated rings. The molecule has 2 heterocycles. The lowest BCUT2D eigenvalue weighted by Crippen LogP contribution is -2.56. The summed E-state index contributed by atoms with van der Waals surface area (Å²) in [6.07, 6.45) is 5.75. The lowest BCUT2D eigenvalue weighted by atomic mass is 9.82. The van der Waals surface area contributed by atoms with Crippen LogP contribution in [0.3, 0.4) is 0 Å². The second-order valence-corrected chi connectivity index (χ2v) is 4.62. The van der Waals surface area contributed by atoms with Crippen molar-refractivity contribution in [1.82, 2.24) is 9.80 Å². The molecular weight excluding hydrogens is 148 g/mol. The van der Waals surface area contributed by atoms with E-state index in [1.165, 1.54) is 45.3 Å². The van der Waals surface area contributed by atoms with Crippen LogP contribution in [0.2, 0.25) is 0 Å². The zero-order valence-electron chi connectivity index (χ0n) is 8.34. The SMILES string of the molecule is CN(C)CCC12CCCN1CC2. The third kappa shape index (κ3) is 1.27.